The lowest BCUT2D eigenvalue weighted by atomic mass is 10.4. The molecule has 0 spiro atoms. The van der Waals surface area contributed by atoms with E-state index in [4.69, 9.17) is 5.84 Å². The first-order valence-electron chi connectivity index (χ1n) is 5.06. The molecule has 7 nitrogen and oxygen atoms in total. The Kier molecular flexibility index (Phi) is 3.65. The van der Waals surface area contributed by atoms with Gasteiger partial charge in [0.1, 0.15) is 5.01 Å². The number of amides is 1. The standard InChI is InChI=1S/C8H14N6OS/c9-11-8-13-12-7(16-8)5-14-3-1-6(15)10-2-4-14/h1-5,9H2,(H,10,15)(H,11,13). The van der Waals surface area contributed by atoms with E-state index in [1.165, 1.54) is 11.3 Å². The van der Waals surface area contributed by atoms with E-state index in [0.29, 0.717) is 24.6 Å². The molecular weight excluding hydrogens is 228 g/mol. The molecule has 0 saturated carbocycles. The van der Waals surface area contributed by atoms with Gasteiger partial charge in [-0.2, -0.15) is 0 Å². The highest BCUT2D eigenvalue weighted by Gasteiger charge is 2.15. The number of hydrogen-bond acceptors (Lipinski definition) is 7. The highest BCUT2D eigenvalue weighted by molar-refractivity contribution is 7.15. The summed E-state index contributed by atoms with van der Waals surface area (Å²) in [5.74, 6) is 5.34. The van der Waals surface area contributed by atoms with Gasteiger partial charge in [-0.3, -0.25) is 15.1 Å². The lowest BCUT2D eigenvalue weighted by Crippen LogP contribution is -2.28. The van der Waals surface area contributed by atoms with Crippen molar-refractivity contribution in [3.63, 3.8) is 0 Å². The van der Waals surface area contributed by atoms with Crippen LogP contribution in [0, 0.1) is 0 Å². The lowest BCUT2D eigenvalue weighted by Gasteiger charge is -2.16. The summed E-state index contributed by atoms with van der Waals surface area (Å²) in [6.45, 7) is 3.02. The second kappa shape index (κ2) is 5.19. The monoisotopic (exact) mass is 242 g/mol. The van der Waals surface area contributed by atoms with Crippen molar-refractivity contribution in [2.75, 3.05) is 25.1 Å². The molecule has 1 saturated heterocycles. The number of nitrogen functional groups attached to an aromatic ring is 1. The van der Waals surface area contributed by atoms with E-state index in [1.54, 1.807) is 0 Å². The van der Waals surface area contributed by atoms with Crippen LogP contribution in [-0.4, -0.2) is 40.6 Å². The highest BCUT2D eigenvalue weighted by Crippen LogP contribution is 2.15. The third kappa shape index (κ3) is 2.87. The van der Waals surface area contributed by atoms with E-state index in [9.17, 15) is 4.79 Å². The van der Waals surface area contributed by atoms with Gasteiger partial charge in [0, 0.05) is 26.1 Å². The molecule has 2 heterocycles. The molecule has 4 N–H and O–H groups in total. The van der Waals surface area contributed by atoms with E-state index in [-0.39, 0.29) is 5.91 Å². The molecule has 16 heavy (non-hydrogen) atoms. The van der Waals surface area contributed by atoms with E-state index >= 15 is 0 Å². The average molecular weight is 242 g/mol. The Balaban J connectivity index is 1.90. The molecule has 1 aliphatic heterocycles. The number of nitrogens with one attached hydrogen (secondary N) is 2. The molecule has 0 aliphatic carbocycles. The molecule has 1 fully saturated rings. The second-order valence-corrected chi connectivity index (χ2v) is 4.58. The van der Waals surface area contributed by atoms with Crippen molar-refractivity contribution in [1.82, 2.24) is 20.4 Å². The van der Waals surface area contributed by atoms with Crippen molar-refractivity contribution in [1.29, 1.82) is 0 Å². The fraction of sp³-hybridized carbons (Fsp3) is 0.625. The summed E-state index contributed by atoms with van der Waals surface area (Å²) in [5.41, 5.74) is 2.46. The zero-order chi connectivity index (χ0) is 11.4. The molecule has 0 atom stereocenters. The van der Waals surface area contributed by atoms with Crippen molar-refractivity contribution >= 4 is 22.4 Å². The summed E-state index contributed by atoms with van der Waals surface area (Å²) in [5, 5.41) is 12.2. The Morgan fingerprint density at radius 1 is 1.50 bits per heavy atom. The number of aromatic nitrogens is 2. The van der Waals surface area contributed by atoms with Gasteiger partial charge in [0.25, 0.3) is 0 Å². The fourth-order valence-electron chi connectivity index (χ4n) is 1.54. The van der Waals surface area contributed by atoms with Crippen LogP contribution in [-0.2, 0) is 11.3 Å². The molecule has 0 aromatic carbocycles. The molecular formula is C8H14N6OS. The number of rotatable bonds is 3. The third-order valence-electron chi connectivity index (χ3n) is 2.35. The molecule has 0 bridgehead atoms. The van der Waals surface area contributed by atoms with Gasteiger partial charge in [-0.05, 0) is 0 Å². The molecule has 2 rings (SSSR count). The highest BCUT2D eigenvalue weighted by atomic mass is 32.1. The Morgan fingerprint density at radius 3 is 3.12 bits per heavy atom. The van der Waals surface area contributed by atoms with Gasteiger partial charge in [0.15, 0.2) is 0 Å². The molecule has 88 valence electrons. The molecule has 1 aromatic heterocycles. The van der Waals surface area contributed by atoms with Crippen LogP contribution < -0.4 is 16.6 Å². The molecule has 0 radical (unpaired) electrons. The summed E-state index contributed by atoms with van der Waals surface area (Å²) in [7, 11) is 0. The van der Waals surface area contributed by atoms with Gasteiger partial charge in [-0.25, -0.2) is 5.84 Å². The summed E-state index contributed by atoms with van der Waals surface area (Å²) >= 11 is 1.43. The predicted molar refractivity (Wildman–Crippen MR) is 60.6 cm³/mol. The number of nitrogens with zero attached hydrogens (tertiary/aromatic N) is 3. The SMILES string of the molecule is NNc1nnc(CN2CCNC(=O)CC2)s1. The normalized spacial score (nSPS) is 17.9. The third-order valence-corrected chi connectivity index (χ3v) is 3.19. The second-order valence-electron chi connectivity index (χ2n) is 3.52. The predicted octanol–water partition coefficient (Wildman–Crippen LogP) is -0.854. The minimum absolute atomic E-state index is 0.115. The Bertz CT molecular complexity index is 367. The number of carbonyl (C=O) groups excluding carboxylic acids is 1. The number of nitrogens with two attached hydrogens (primary N) is 1. The average Bonchev–Trinajstić information content (AvgIpc) is 2.63. The van der Waals surface area contributed by atoms with Crippen molar-refractivity contribution in [3.8, 4) is 0 Å². The van der Waals surface area contributed by atoms with Gasteiger partial charge in [-0.15, -0.1) is 10.2 Å². The van der Waals surface area contributed by atoms with Gasteiger partial charge in [-0.1, -0.05) is 11.3 Å². The van der Waals surface area contributed by atoms with Crippen LogP contribution in [0.1, 0.15) is 11.4 Å². The molecule has 1 aromatic rings. The fourth-order valence-corrected chi connectivity index (χ4v) is 2.23. The smallest absolute Gasteiger partial charge is 0.221 e. The van der Waals surface area contributed by atoms with Crippen LogP contribution in [0.4, 0.5) is 5.13 Å². The maximum Gasteiger partial charge on any atom is 0.221 e. The number of hydrazine groups is 1. The topological polar surface area (TPSA) is 96.2 Å². The van der Waals surface area contributed by atoms with Crippen LogP contribution in [0.3, 0.4) is 0 Å². The maximum absolute atomic E-state index is 11.1. The van der Waals surface area contributed by atoms with E-state index in [1.807, 2.05) is 0 Å². The first kappa shape index (κ1) is 11.2. The number of carbonyl (C=O) groups is 1. The Labute approximate surface area is 97.0 Å². The van der Waals surface area contributed by atoms with Crippen LogP contribution in [0.15, 0.2) is 0 Å². The zero-order valence-corrected chi connectivity index (χ0v) is 9.59. The summed E-state index contributed by atoms with van der Waals surface area (Å²) < 4.78 is 0. The molecule has 8 heteroatoms. The van der Waals surface area contributed by atoms with Crippen LogP contribution >= 0.6 is 11.3 Å². The summed E-state index contributed by atoms with van der Waals surface area (Å²) in [6, 6.07) is 0. The Hall–Kier alpha value is -1.25. The molecule has 0 unspecified atom stereocenters. The first-order chi connectivity index (χ1) is 7.78. The van der Waals surface area contributed by atoms with Gasteiger partial charge in [0.05, 0.1) is 6.54 Å². The Morgan fingerprint density at radius 2 is 2.38 bits per heavy atom. The van der Waals surface area contributed by atoms with Crippen LogP contribution in [0.5, 0.6) is 0 Å². The van der Waals surface area contributed by atoms with Gasteiger partial charge < -0.3 is 5.32 Å². The van der Waals surface area contributed by atoms with Crippen molar-refractivity contribution in [2.45, 2.75) is 13.0 Å². The zero-order valence-electron chi connectivity index (χ0n) is 8.77. The number of anilines is 1. The van der Waals surface area contributed by atoms with Crippen molar-refractivity contribution in [3.05, 3.63) is 5.01 Å². The van der Waals surface area contributed by atoms with E-state index in [0.717, 1.165) is 18.1 Å². The summed E-state index contributed by atoms with van der Waals surface area (Å²) in [4.78, 5) is 13.3. The van der Waals surface area contributed by atoms with Crippen LogP contribution in [0.25, 0.3) is 0 Å². The first-order valence-corrected chi connectivity index (χ1v) is 5.87. The van der Waals surface area contributed by atoms with Crippen LogP contribution in [0.2, 0.25) is 0 Å². The van der Waals surface area contributed by atoms with Gasteiger partial charge >= 0.3 is 0 Å². The molecule has 1 aliphatic rings. The minimum atomic E-state index is 0.115. The van der Waals surface area contributed by atoms with E-state index in [2.05, 4.69) is 25.8 Å². The minimum Gasteiger partial charge on any atom is -0.355 e. The van der Waals surface area contributed by atoms with Crippen molar-refractivity contribution in [2.24, 2.45) is 5.84 Å². The summed E-state index contributed by atoms with van der Waals surface area (Å²) in [6.07, 6.45) is 0.542. The maximum atomic E-state index is 11.1. The number of hydrogen-bond donors (Lipinski definition) is 3. The van der Waals surface area contributed by atoms with Gasteiger partial charge in [0.2, 0.25) is 11.0 Å². The van der Waals surface area contributed by atoms with Crippen molar-refractivity contribution < 1.29 is 4.79 Å². The van der Waals surface area contributed by atoms with E-state index < -0.39 is 0 Å². The molecule has 1 amide bonds. The largest absolute Gasteiger partial charge is 0.355 e. The lowest BCUT2D eigenvalue weighted by molar-refractivity contribution is -0.120. The quantitative estimate of drug-likeness (QED) is 0.472.